The summed E-state index contributed by atoms with van der Waals surface area (Å²) in [7, 11) is -3.16. The van der Waals surface area contributed by atoms with E-state index in [0.717, 1.165) is 9.86 Å². The van der Waals surface area contributed by atoms with E-state index in [0.29, 0.717) is 10.4 Å². The van der Waals surface area contributed by atoms with Crippen molar-refractivity contribution in [2.24, 2.45) is 0 Å². The van der Waals surface area contributed by atoms with Crippen molar-refractivity contribution in [3.05, 3.63) is 34.9 Å². The molecule has 0 aliphatic rings. The molecule has 0 aliphatic carbocycles. The molecule has 0 saturated carbocycles. The van der Waals surface area contributed by atoms with Gasteiger partial charge >= 0.3 is 0 Å². The third-order valence-corrected chi connectivity index (χ3v) is 3.59. The quantitative estimate of drug-likeness (QED) is 0.808. The normalized spacial score (nSPS) is 11.9. The number of hydrogen-bond acceptors (Lipinski definition) is 3. The van der Waals surface area contributed by atoms with E-state index in [2.05, 4.69) is 20.9 Å². The molecule has 0 saturated heterocycles. The van der Waals surface area contributed by atoms with E-state index in [9.17, 15) is 8.42 Å². The first-order valence-corrected chi connectivity index (χ1v) is 6.90. The maximum atomic E-state index is 11.3. The molecule has 1 aromatic carbocycles. The maximum Gasteiger partial charge on any atom is 0.175 e. The van der Waals surface area contributed by atoms with Crippen LogP contribution in [0, 0.1) is 0 Å². The van der Waals surface area contributed by atoms with Gasteiger partial charge in [0.2, 0.25) is 0 Å². The highest BCUT2D eigenvalue weighted by atomic mass is 79.9. The van der Waals surface area contributed by atoms with Gasteiger partial charge in [0.15, 0.2) is 9.84 Å². The first-order valence-electron chi connectivity index (χ1n) is 4.22. The van der Waals surface area contributed by atoms with Gasteiger partial charge in [0.1, 0.15) is 0 Å². The monoisotopic (exact) mass is 285 g/mol. The van der Waals surface area contributed by atoms with E-state index in [1.807, 2.05) is 6.07 Å². The number of pyridine rings is 1. The molecule has 5 heteroatoms. The molecule has 0 unspecified atom stereocenters. The van der Waals surface area contributed by atoms with E-state index >= 15 is 0 Å². The topological polar surface area (TPSA) is 47.0 Å². The average Bonchev–Trinajstić information content (AvgIpc) is 2.15. The zero-order valence-corrected chi connectivity index (χ0v) is 10.3. The SMILES string of the molecule is CS(=O)(=O)c1ccc2cc(Br)cnc2c1. The van der Waals surface area contributed by atoms with Gasteiger partial charge in [-0.05, 0) is 34.1 Å². The summed E-state index contributed by atoms with van der Waals surface area (Å²) in [5, 5.41) is 0.914. The summed E-state index contributed by atoms with van der Waals surface area (Å²) < 4.78 is 23.5. The molecule has 3 nitrogen and oxygen atoms in total. The van der Waals surface area contributed by atoms with Crippen LogP contribution in [-0.2, 0) is 9.84 Å². The van der Waals surface area contributed by atoms with E-state index in [1.54, 1.807) is 24.4 Å². The highest BCUT2D eigenvalue weighted by molar-refractivity contribution is 9.10. The lowest BCUT2D eigenvalue weighted by atomic mass is 10.2. The van der Waals surface area contributed by atoms with Crippen LogP contribution in [-0.4, -0.2) is 19.7 Å². The Labute approximate surface area is 96.2 Å². The predicted octanol–water partition coefficient (Wildman–Crippen LogP) is 2.40. The fraction of sp³-hybridized carbons (Fsp3) is 0.100. The van der Waals surface area contributed by atoms with Gasteiger partial charge in [0.25, 0.3) is 0 Å². The molecule has 0 amide bonds. The molecule has 0 bridgehead atoms. The molecule has 1 aromatic heterocycles. The minimum Gasteiger partial charge on any atom is -0.255 e. The molecule has 0 aliphatic heterocycles. The standard InChI is InChI=1S/C10H8BrNO2S/c1-15(13,14)9-3-2-7-4-8(11)6-12-10(7)5-9/h2-6H,1H3. The number of fused-ring (bicyclic) bond motifs is 1. The molecule has 0 atom stereocenters. The van der Waals surface area contributed by atoms with Crippen LogP contribution in [0.15, 0.2) is 39.8 Å². The first kappa shape index (κ1) is 10.6. The summed E-state index contributed by atoms with van der Waals surface area (Å²) in [6.45, 7) is 0. The Morgan fingerprint density at radius 1 is 1.27 bits per heavy atom. The molecular formula is C10H8BrNO2S. The number of rotatable bonds is 1. The van der Waals surface area contributed by atoms with Gasteiger partial charge < -0.3 is 0 Å². The lowest BCUT2D eigenvalue weighted by Gasteiger charge is -2.01. The maximum absolute atomic E-state index is 11.3. The summed E-state index contributed by atoms with van der Waals surface area (Å²) >= 11 is 3.31. The van der Waals surface area contributed by atoms with Gasteiger partial charge in [-0.1, -0.05) is 6.07 Å². The highest BCUT2D eigenvalue weighted by Gasteiger charge is 2.07. The third kappa shape index (κ3) is 2.18. The second-order valence-electron chi connectivity index (χ2n) is 3.28. The van der Waals surface area contributed by atoms with Crippen LogP contribution in [0.25, 0.3) is 10.9 Å². The smallest absolute Gasteiger partial charge is 0.175 e. The summed E-state index contributed by atoms with van der Waals surface area (Å²) in [5.74, 6) is 0. The number of nitrogens with zero attached hydrogens (tertiary/aromatic N) is 1. The van der Waals surface area contributed by atoms with Crippen molar-refractivity contribution >= 4 is 36.7 Å². The van der Waals surface area contributed by atoms with E-state index < -0.39 is 9.84 Å². The average molecular weight is 286 g/mol. The number of sulfone groups is 1. The van der Waals surface area contributed by atoms with Crippen LogP contribution in [0.3, 0.4) is 0 Å². The third-order valence-electron chi connectivity index (χ3n) is 2.05. The van der Waals surface area contributed by atoms with Crippen molar-refractivity contribution < 1.29 is 8.42 Å². The Balaban J connectivity index is 2.73. The van der Waals surface area contributed by atoms with E-state index in [1.165, 1.54) is 6.26 Å². The molecule has 0 fully saturated rings. The Morgan fingerprint density at radius 2 is 2.00 bits per heavy atom. The Hall–Kier alpha value is -0.940. The fourth-order valence-corrected chi connectivity index (χ4v) is 2.29. The summed E-state index contributed by atoms with van der Waals surface area (Å²) in [6.07, 6.45) is 2.83. The van der Waals surface area contributed by atoms with Gasteiger partial charge in [-0.15, -0.1) is 0 Å². The zero-order valence-electron chi connectivity index (χ0n) is 7.94. The first-order chi connectivity index (χ1) is 6.97. The summed E-state index contributed by atoms with van der Waals surface area (Å²) in [5.41, 5.74) is 0.682. The van der Waals surface area contributed by atoms with E-state index in [-0.39, 0.29) is 0 Å². The van der Waals surface area contributed by atoms with Crippen molar-refractivity contribution in [1.29, 1.82) is 0 Å². The molecule has 0 radical (unpaired) electrons. The largest absolute Gasteiger partial charge is 0.255 e. The summed E-state index contributed by atoms with van der Waals surface area (Å²) in [4.78, 5) is 4.44. The van der Waals surface area contributed by atoms with Crippen LogP contribution in [0.5, 0.6) is 0 Å². The van der Waals surface area contributed by atoms with Crippen molar-refractivity contribution in [1.82, 2.24) is 4.98 Å². The Morgan fingerprint density at radius 3 is 2.67 bits per heavy atom. The van der Waals surface area contributed by atoms with Crippen LogP contribution in [0.1, 0.15) is 0 Å². The zero-order chi connectivity index (χ0) is 11.1. The second kappa shape index (κ2) is 3.57. The Kier molecular flexibility index (Phi) is 2.52. The predicted molar refractivity (Wildman–Crippen MR) is 62.6 cm³/mol. The number of halogens is 1. The van der Waals surface area contributed by atoms with Crippen LogP contribution >= 0.6 is 15.9 Å². The molecule has 15 heavy (non-hydrogen) atoms. The van der Waals surface area contributed by atoms with Crippen LogP contribution < -0.4 is 0 Å². The minimum absolute atomic E-state index is 0.296. The highest BCUT2D eigenvalue weighted by Crippen LogP contribution is 2.20. The van der Waals surface area contributed by atoms with Crippen molar-refractivity contribution in [3.63, 3.8) is 0 Å². The van der Waals surface area contributed by atoms with Crippen LogP contribution in [0.2, 0.25) is 0 Å². The summed E-state index contributed by atoms with van der Waals surface area (Å²) in [6, 6.07) is 6.82. The number of benzene rings is 1. The molecule has 0 N–H and O–H groups in total. The molecule has 2 rings (SSSR count). The van der Waals surface area contributed by atoms with E-state index in [4.69, 9.17) is 0 Å². The number of hydrogen-bond donors (Lipinski definition) is 0. The van der Waals surface area contributed by atoms with Gasteiger partial charge in [0, 0.05) is 22.3 Å². The van der Waals surface area contributed by atoms with Crippen molar-refractivity contribution in [2.45, 2.75) is 4.90 Å². The molecule has 0 spiro atoms. The van der Waals surface area contributed by atoms with Crippen molar-refractivity contribution in [2.75, 3.05) is 6.26 Å². The molecule has 78 valence electrons. The van der Waals surface area contributed by atoms with Gasteiger partial charge in [-0.3, -0.25) is 4.98 Å². The van der Waals surface area contributed by atoms with Gasteiger partial charge in [0.05, 0.1) is 10.4 Å². The number of aromatic nitrogens is 1. The van der Waals surface area contributed by atoms with Gasteiger partial charge in [-0.2, -0.15) is 0 Å². The Bertz CT molecular complexity index is 622. The lowest BCUT2D eigenvalue weighted by molar-refractivity contribution is 0.602. The molecule has 1 heterocycles. The lowest BCUT2D eigenvalue weighted by Crippen LogP contribution is -1.96. The fourth-order valence-electron chi connectivity index (χ4n) is 1.31. The minimum atomic E-state index is -3.16. The van der Waals surface area contributed by atoms with Crippen molar-refractivity contribution in [3.8, 4) is 0 Å². The van der Waals surface area contributed by atoms with Crippen LogP contribution in [0.4, 0.5) is 0 Å². The molecule has 2 aromatic rings. The molecular weight excluding hydrogens is 278 g/mol. The second-order valence-corrected chi connectivity index (χ2v) is 6.21. The van der Waals surface area contributed by atoms with Gasteiger partial charge in [-0.25, -0.2) is 8.42 Å².